The number of guanidine groups is 1. The van der Waals surface area contributed by atoms with E-state index >= 15 is 0 Å². The molecule has 0 spiro atoms. The Morgan fingerprint density at radius 3 is 2.74 bits per heavy atom. The minimum atomic E-state index is -0.158. The Balaban J connectivity index is 1.67. The molecule has 0 saturated carbocycles. The van der Waals surface area contributed by atoms with Gasteiger partial charge in [-0.15, -0.1) is 4.99 Å². The van der Waals surface area contributed by atoms with E-state index in [2.05, 4.69) is 39.4 Å². The van der Waals surface area contributed by atoms with Crippen molar-refractivity contribution in [2.24, 2.45) is 10.9 Å². The lowest BCUT2D eigenvalue weighted by Crippen LogP contribution is -2.61. The molecule has 9 heteroatoms. The van der Waals surface area contributed by atoms with Crippen molar-refractivity contribution in [3.05, 3.63) is 59.4 Å². The summed E-state index contributed by atoms with van der Waals surface area (Å²) in [4.78, 5) is 24.8. The Hall–Kier alpha value is -3.31. The predicted octanol–water partition coefficient (Wildman–Crippen LogP) is 3.54. The molecule has 1 saturated heterocycles. The molecule has 1 fully saturated rings. The van der Waals surface area contributed by atoms with Crippen molar-refractivity contribution in [3.8, 4) is 6.19 Å². The Labute approximate surface area is 187 Å². The van der Waals surface area contributed by atoms with Crippen LogP contribution in [0.3, 0.4) is 0 Å². The fraction of sp³-hybridized carbons (Fsp3) is 0.364. The largest absolute Gasteiger partial charge is 0.351 e. The number of anilines is 1. The first kappa shape index (κ1) is 22.4. The summed E-state index contributed by atoms with van der Waals surface area (Å²) in [6, 6.07) is 10.7. The maximum absolute atomic E-state index is 12.8. The van der Waals surface area contributed by atoms with Crippen molar-refractivity contribution in [2.45, 2.75) is 26.4 Å². The van der Waals surface area contributed by atoms with E-state index in [1.807, 2.05) is 18.3 Å². The number of carbonyl (C=O) groups excluding carboxylic acids is 1. The first-order valence-corrected chi connectivity index (χ1v) is 10.5. The van der Waals surface area contributed by atoms with Gasteiger partial charge in [-0.1, -0.05) is 31.5 Å². The molecule has 1 aliphatic rings. The summed E-state index contributed by atoms with van der Waals surface area (Å²) in [6.07, 6.45) is 5.39. The number of benzene rings is 1. The van der Waals surface area contributed by atoms with Gasteiger partial charge in [-0.3, -0.25) is 4.98 Å². The van der Waals surface area contributed by atoms with Gasteiger partial charge >= 0.3 is 6.03 Å². The molecule has 2 aromatic rings. The zero-order chi connectivity index (χ0) is 22.2. The molecule has 1 aliphatic heterocycles. The van der Waals surface area contributed by atoms with Gasteiger partial charge in [-0.25, -0.2) is 4.79 Å². The summed E-state index contributed by atoms with van der Waals surface area (Å²) in [5.74, 6) is 0.762. The molecule has 162 valence electrons. The fourth-order valence-corrected chi connectivity index (χ4v) is 3.63. The number of carbonyl (C=O) groups is 1. The Morgan fingerprint density at radius 1 is 1.32 bits per heavy atom. The van der Waals surface area contributed by atoms with Crippen molar-refractivity contribution < 1.29 is 4.79 Å². The summed E-state index contributed by atoms with van der Waals surface area (Å²) >= 11 is 5.91. The van der Waals surface area contributed by atoms with E-state index in [4.69, 9.17) is 11.6 Å². The second-order valence-corrected chi connectivity index (χ2v) is 8.07. The number of aliphatic imine (C=N–C) groups is 1. The third-order valence-corrected chi connectivity index (χ3v) is 5.42. The minimum absolute atomic E-state index is 0.0122. The minimum Gasteiger partial charge on any atom is -0.351 e. The van der Waals surface area contributed by atoms with Crippen LogP contribution in [-0.4, -0.2) is 52.5 Å². The number of hydrogen-bond donors (Lipinski definition) is 2. The number of nitrogens with zero attached hydrogens (tertiary/aromatic N) is 5. The van der Waals surface area contributed by atoms with E-state index in [9.17, 15) is 10.1 Å². The van der Waals surface area contributed by atoms with E-state index in [-0.39, 0.29) is 18.0 Å². The second kappa shape index (κ2) is 10.6. The fourth-order valence-electron chi connectivity index (χ4n) is 3.50. The summed E-state index contributed by atoms with van der Waals surface area (Å²) in [5.41, 5.74) is 1.69. The third-order valence-electron chi connectivity index (χ3n) is 5.17. The van der Waals surface area contributed by atoms with Crippen LogP contribution in [0.4, 0.5) is 10.5 Å². The summed E-state index contributed by atoms with van der Waals surface area (Å²) in [5, 5.41) is 16.0. The van der Waals surface area contributed by atoms with Gasteiger partial charge in [-0.05, 0) is 41.8 Å². The molecular formula is C22H26ClN7O. The van der Waals surface area contributed by atoms with E-state index < -0.39 is 0 Å². The maximum Gasteiger partial charge on any atom is 0.321 e. The van der Waals surface area contributed by atoms with Gasteiger partial charge in [-0.2, -0.15) is 5.26 Å². The first-order valence-electron chi connectivity index (χ1n) is 10.2. The zero-order valence-electron chi connectivity index (χ0n) is 17.6. The van der Waals surface area contributed by atoms with E-state index in [0.29, 0.717) is 42.8 Å². The summed E-state index contributed by atoms with van der Waals surface area (Å²) < 4.78 is 0. The highest BCUT2D eigenvalue weighted by Crippen LogP contribution is 2.20. The van der Waals surface area contributed by atoms with Crippen LogP contribution >= 0.6 is 11.6 Å². The quantitative estimate of drug-likeness (QED) is 0.431. The number of hydrogen-bond acceptors (Lipinski definition) is 4. The highest BCUT2D eigenvalue weighted by atomic mass is 35.5. The number of pyridine rings is 1. The van der Waals surface area contributed by atoms with Crippen molar-refractivity contribution in [1.29, 1.82) is 5.26 Å². The van der Waals surface area contributed by atoms with Gasteiger partial charge in [0, 0.05) is 49.3 Å². The number of aromatic nitrogens is 1. The number of urea groups is 1. The van der Waals surface area contributed by atoms with E-state index in [1.54, 1.807) is 41.6 Å². The molecule has 1 aromatic heterocycles. The number of halogens is 1. The number of amides is 2. The molecule has 1 aromatic carbocycles. The lowest BCUT2D eigenvalue weighted by molar-refractivity contribution is 0.117. The van der Waals surface area contributed by atoms with Crippen LogP contribution in [0.1, 0.15) is 19.4 Å². The number of nitrogens with one attached hydrogen (secondary N) is 2. The highest BCUT2D eigenvalue weighted by molar-refractivity contribution is 6.30. The van der Waals surface area contributed by atoms with Crippen LogP contribution in [0.15, 0.2) is 53.8 Å². The SMILES string of the molecule is CC(C)C1CN(C(=O)Nc2ccc(Cl)cc2)CCN1/C(=N\C#N)NCc1cccnc1. The van der Waals surface area contributed by atoms with Crippen LogP contribution in [0, 0.1) is 17.4 Å². The van der Waals surface area contributed by atoms with Gasteiger partial charge in [0.05, 0.1) is 6.04 Å². The Bertz CT molecular complexity index is 941. The van der Waals surface area contributed by atoms with Crippen molar-refractivity contribution in [3.63, 3.8) is 0 Å². The Kier molecular flexibility index (Phi) is 7.68. The van der Waals surface area contributed by atoms with Crippen LogP contribution in [0.25, 0.3) is 0 Å². The number of piperazine rings is 1. The molecule has 0 bridgehead atoms. The molecule has 8 nitrogen and oxygen atoms in total. The molecule has 2 N–H and O–H groups in total. The molecule has 0 aliphatic carbocycles. The topological polar surface area (TPSA) is 96.7 Å². The molecule has 3 rings (SSSR count). The van der Waals surface area contributed by atoms with Gasteiger partial charge in [0.2, 0.25) is 12.2 Å². The number of rotatable bonds is 4. The first-order chi connectivity index (χ1) is 15.0. The highest BCUT2D eigenvalue weighted by Gasteiger charge is 2.33. The smallest absolute Gasteiger partial charge is 0.321 e. The second-order valence-electron chi connectivity index (χ2n) is 7.64. The average Bonchev–Trinajstić information content (AvgIpc) is 2.78. The van der Waals surface area contributed by atoms with Gasteiger partial charge in [0.1, 0.15) is 0 Å². The molecule has 2 amide bonds. The van der Waals surface area contributed by atoms with E-state index in [0.717, 1.165) is 5.56 Å². The molecule has 31 heavy (non-hydrogen) atoms. The van der Waals surface area contributed by atoms with Crippen LogP contribution in [0.2, 0.25) is 5.02 Å². The lowest BCUT2D eigenvalue weighted by Gasteiger charge is -2.44. The van der Waals surface area contributed by atoms with Crippen LogP contribution in [-0.2, 0) is 6.54 Å². The Morgan fingerprint density at radius 2 is 2.10 bits per heavy atom. The predicted molar refractivity (Wildman–Crippen MR) is 122 cm³/mol. The summed E-state index contributed by atoms with van der Waals surface area (Å²) in [7, 11) is 0. The zero-order valence-corrected chi connectivity index (χ0v) is 18.4. The van der Waals surface area contributed by atoms with Crippen LogP contribution < -0.4 is 10.6 Å². The van der Waals surface area contributed by atoms with Gasteiger partial charge < -0.3 is 20.4 Å². The standard InChI is InChI=1S/C22H26ClN7O/c1-16(2)20-14-29(22(31)28-19-7-5-18(23)6-8-19)10-11-30(20)21(27-15-24)26-13-17-4-3-9-25-12-17/h3-9,12,16,20H,10-11,13-14H2,1-2H3,(H,26,27)(H,28,31). The van der Waals surface area contributed by atoms with Gasteiger partial charge in [0.15, 0.2) is 0 Å². The molecular weight excluding hydrogens is 414 g/mol. The summed E-state index contributed by atoms with van der Waals surface area (Å²) in [6.45, 7) is 6.32. The normalized spacial score (nSPS) is 16.7. The molecule has 1 unspecified atom stereocenters. The molecule has 0 radical (unpaired) electrons. The number of nitriles is 1. The molecule has 1 atom stereocenters. The lowest BCUT2D eigenvalue weighted by atomic mass is 10.00. The van der Waals surface area contributed by atoms with E-state index in [1.165, 1.54) is 0 Å². The maximum atomic E-state index is 12.8. The van der Waals surface area contributed by atoms with Crippen molar-refractivity contribution >= 4 is 29.3 Å². The van der Waals surface area contributed by atoms with Crippen molar-refractivity contribution in [2.75, 3.05) is 25.0 Å². The third kappa shape index (κ3) is 6.09. The average molecular weight is 440 g/mol. The van der Waals surface area contributed by atoms with Gasteiger partial charge in [0.25, 0.3) is 0 Å². The van der Waals surface area contributed by atoms with Crippen LogP contribution in [0.5, 0.6) is 0 Å². The van der Waals surface area contributed by atoms with Crippen molar-refractivity contribution in [1.82, 2.24) is 20.1 Å². The molecule has 2 heterocycles. The monoisotopic (exact) mass is 439 g/mol.